The number of amides is 1. The Morgan fingerprint density at radius 2 is 2.10 bits per heavy atom. The minimum Gasteiger partial charge on any atom is -0.348 e. The van der Waals surface area contributed by atoms with Crippen LogP contribution in [-0.4, -0.2) is 17.8 Å². The van der Waals surface area contributed by atoms with Crippen LogP contribution in [0.2, 0.25) is 0 Å². The number of aryl methyl sites for hydroxylation is 2. The van der Waals surface area contributed by atoms with Gasteiger partial charge in [-0.25, -0.2) is 0 Å². The van der Waals surface area contributed by atoms with E-state index in [0.29, 0.717) is 11.8 Å². The van der Waals surface area contributed by atoms with Crippen LogP contribution in [0.5, 0.6) is 0 Å². The van der Waals surface area contributed by atoms with E-state index < -0.39 is 0 Å². The van der Waals surface area contributed by atoms with E-state index in [-0.39, 0.29) is 11.9 Å². The minimum atomic E-state index is 0.116. The number of alkyl halides is 1. The fourth-order valence-corrected chi connectivity index (χ4v) is 4.96. The SMILES string of the molecule is O=C(NC1CCCC1CCl)c1cc2c(s1)CCCCC2. The predicted molar refractivity (Wildman–Crippen MR) is 84.9 cm³/mol. The smallest absolute Gasteiger partial charge is 0.261 e. The topological polar surface area (TPSA) is 29.1 Å². The number of hydrogen-bond donors (Lipinski definition) is 1. The first-order valence-electron chi connectivity index (χ1n) is 7.76. The Balaban J connectivity index is 1.68. The van der Waals surface area contributed by atoms with Gasteiger partial charge in [-0.05, 0) is 56.1 Å². The molecule has 1 N–H and O–H groups in total. The molecule has 1 heterocycles. The highest BCUT2D eigenvalue weighted by Crippen LogP contribution is 2.30. The summed E-state index contributed by atoms with van der Waals surface area (Å²) in [5, 5.41) is 3.21. The molecule has 0 bridgehead atoms. The van der Waals surface area contributed by atoms with E-state index in [2.05, 4.69) is 11.4 Å². The van der Waals surface area contributed by atoms with Crippen molar-refractivity contribution in [2.45, 2.75) is 57.4 Å². The lowest BCUT2D eigenvalue weighted by molar-refractivity contribution is 0.0934. The first kappa shape index (κ1) is 14.4. The van der Waals surface area contributed by atoms with Crippen LogP contribution >= 0.6 is 22.9 Å². The van der Waals surface area contributed by atoms with Crippen LogP contribution in [0.25, 0.3) is 0 Å². The van der Waals surface area contributed by atoms with E-state index in [9.17, 15) is 4.79 Å². The van der Waals surface area contributed by atoms with Gasteiger partial charge in [0, 0.05) is 16.8 Å². The molecule has 110 valence electrons. The van der Waals surface area contributed by atoms with Gasteiger partial charge in [0.1, 0.15) is 0 Å². The lowest BCUT2D eigenvalue weighted by atomic mass is 10.1. The largest absolute Gasteiger partial charge is 0.348 e. The maximum absolute atomic E-state index is 12.4. The Morgan fingerprint density at radius 1 is 1.25 bits per heavy atom. The molecule has 3 rings (SSSR count). The molecule has 1 saturated carbocycles. The molecule has 20 heavy (non-hydrogen) atoms. The summed E-state index contributed by atoms with van der Waals surface area (Å²) in [6.07, 6.45) is 9.57. The molecule has 2 aliphatic rings. The molecule has 0 aromatic carbocycles. The Kier molecular flexibility index (Phi) is 4.67. The van der Waals surface area contributed by atoms with E-state index in [0.717, 1.165) is 30.6 Å². The average Bonchev–Trinajstić information content (AvgIpc) is 3.00. The molecule has 0 spiro atoms. The van der Waals surface area contributed by atoms with Crippen molar-refractivity contribution < 1.29 is 4.79 Å². The molecule has 0 aliphatic heterocycles. The van der Waals surface area contributed by atoms with Crippen LogP contribution in [0.4, 0.5) is 0 Å². The predicted octanol–water partition coefficient (Wildman–Crippen LogP) is 4.15. The molecular formula is C16H22ClNOS. The molecule has 1 amide bonds. The lowest BCUT2D eigenvalue weighted by Gasteiger charge is -2.18. The van der Waals surface area contributed by atoms with Crippen molar-refractivity contribution in [3.63, 3.8) is 0 Å². The molecule has 0 radical (unpaired) electrons. The Bertz CT molecular complexity index is 461. The van der Waals surface area contributed by atoms with Gasteiger partial charge in [-0.15, -0.1) is 22.9 Å². The Hall–Kier alpha value is -0.540. The average molecular weight is 312 g/mol. The standard InChI is InChI=1S/C16H22ClNOS/c17-10-12-6-4-7-13(12)18-16(19)15-9-11-5-2-1-3-8-14(11)20-15/h9,12-13H,1-8,10H2,(H,18,19). The summed E-state index contributed by atoms with van der Waals surface area (Å²) in [5.74, 6) is 1.23. The summed E-state index contributed by atoms with van der Waals surface area (Å²) in [7, 11) is 0. The van der Waals surface area contributed by atoms with Crippen molar-refractivity contribution in [2.24, 2.45) is 5.92 Å². The maximum atomic E-state index is 12.4. The normalized spacial score (nSPS) is 26.1. The third-order valence-electron chi connectivity index (χ3n) is 4.64. The number of nitrogens with one attached hydrogen (secondary N) is 1. The van der Waals surface area contributed by atoms with Crippen molar-refractivity contribution in [2.75, 3.05) is 5.88 Å². The molecule has 4 heteroatoms. The molecule has 2 atom stereocenters. The number of rotatable bonds is 3. The summed E-state index contributed by atoms with van der Waals surface area (Å²) in [6, 6.07) is 2.41. The van der Waals surface area contributed by atoms with E-state index in [1.165, 1.54) is 36.1 Å². The second kappa shape index (κ2) is 6.48. The second-order valence-corrected chi connectivity index (χ2v) is 7.49. The fourth-order valence-electron chi connectivity index (χ4n) is 3.43. The summed E-state index contributed by atoms with van der Waals surface area (Å²) in [6.45, 7) is 0. The molecular weight excluding hydrogens is 290 g/mol. The minimum absolute atomic E-state index is 0.116. The quantitative estimate of drug-likeness (QED) is 0.659. The summed E-state index contributed by atoms with van der Waals surface area (Å²) < 4.78 is 0. The number of carbonyl (C=O) groups is 1. The zero-order chi connectivity index (χ0) is 13.9. The zero-order valence-electron chi connectivity index (χ0n) is 11.8. The van der Waals surface area contributed by atoms with E-state index in [1.54, 1.807) is 11.3 Å². The van der Waals surface area contributed by atoms with Crippen LogP contribution in [0.1, 0.15) is 58.6 Å². The summed E-state index contributed by atoms with van der Waals surface area (Å²) in [5.41, 5.74) is 1.41. The Morgan fingerprint density at radius 3 is 2.95 bits per heavy atom. The van der Waals surface area contributed by atoms with E-state index in [1.807, 2.05) is 0 Å². The summed E-state index contributed by atoms with van der Waals surface area (Å²) in [4.78, 5) is 14.8. The van der Waals surface area contributed by atoms with Gasteiger partial charge in [0.25, 0.3) is 5.91 Å². The van der Waals surface area contributed by atoms with Gasteiger partial charge in [0.15, 0.2) is 0 Å². The van der Waals surface area contributed by atoms with Crippen molar-refractivity contribution >= 4 is 28.8 Å². The highest BCUT2D eigenvalue weighted by Gasteiger charge is 2.28. The number of fused-ring (bicyclic) bond motifs is 1. The third-order valence-corrected chi connectivity index (χ3v) is 6.28. The maximum Gasteiger partial charge on any atom is 0.261 e. The molecule has 1 aromatic rings. The number of halogens is 1. The van der Waals surface area contributed by atoms with Gasteiger partial charge in [-0.1, -0.05) is 12.8 Å². The van der Waals surface area contributed by atoms with Gasteiger partial charge >= 0.3 is 0 Å². The Labute approximate surface area is 129 Å². The van der Waals surface area contributed by atoms with Gasteiger partial charge in [0.2, 0.25) is 0 Å². The lowest BCUT2D eigenvalue weighted by Crippen LogP contribution is -2.37. The van der Waals surface area contributed by atoms with Crippen LogP contribution in [0, 0.1) is 5.92 Å². The summed E-state index contributed by atoms with van der Waals surface area (Å²) >= 11 is 7.69. The van der Waals surface area contributed by atoms with Gasteiger partial charge < -0.3 is 5.32 Å². The van der Waals surface area contributed by atoms with Crippen LogP contribution < -0.4 is 5.32 Å². The molecule has 1 aromatic heterocycles. The molecule has 1 fully saturated rings. The molecule has 2 nitrogen and oxygen atoms in total. The first-order valence-corrected chi connectivity index (χ1v) is 9.11. The van der Waals surface area contributed by atoms with Gasteiger partial charge in [-0.2, -0.15) is 0 Å². The van der Waals surface area contributed by atoms with Crippen molar-refractivity contribution in [1.29, 1.82) is 0 Å². The highest BCUT2D eigenvalue weighted by molar-refractivity contribution is 7.14. The van der Waals surface area contributed by atoms with Crippen LogP contribution in [0.15, 0.2) is 6.07 Å². The van der Waals surface area contributed by atoms with Crippen molar-refractivity contribution in [3.05, 3.63) is 21.4 Å². The first-order chi connectivity index (χ1) is 9.78. The molecule has 0 saturated heterocycles. The van der Waals surface area contributed by atoms with Crippen LogP contribution in [-0.2, 0) is 12.8 Å². The number of thiophene rings is 1. The highest BCUT2D eigenvalue weighted by atomic mass is 35.5. The fraction of sp³-hybridized carbons (Fsp3) is 0.688. The van der Waals surface area contributed by atoms with Gasteiger partial charge in [-0.3, -0.25) is 4.79 Å². The zero-order valence-corrected chi connectivity index (χ0v) is 13.4. The molecule has 2 aliphatic carbocycles. The van der Waals surface area contributed by atoms with Crippen molar-refractivity contribution in [3.8, 4) is 0 Å². The second-order valence-electron chi connectivity index (χ2n) is 6.04. The monoisotopic (exact) mass is 311 g/mol. The van der Waals surface area contributed by atoms with E-state index >= 15 is 0 Å². The van der Waals surface area contributed by atoms with E-state index in [4.69, 9.17) is 11.6 Å². The van der Waals surface area contributed by atoms with Gasteiger partial charge in [0.05, 0.1) is 4.88 Å². The number of carbonyl (C=O) groups excluding carboxylic acids is 1. The van der Waals surface area contributed by atoms with Crippen molar-refractivity contribution in [1.82, 2.24) is 5.32 Å². The number of hydrogen-bond acceptors (Lipinski definition) is 2. The van der Waals surface area contributed by atoms with Crippen LogP contribution in [0.3, 0.4) is 0 Å². The third kappa shape index (κ3) is 3.04. The molecule has 2 unspecified atom stereocenters.